The van der Waals surface area contributed by atoms with E-state index in [1.54, 1.807) is 36.5 Å². The maximum atomic E-state index is 13.4. The highest BCUT2D eigenvalue weighted by Crippen LogP contribution is 2.41. The number of aliphatic hydroxyl groups is 3. The van der Waals surface area contributed by atoms with Crippen molar-refractivity contribution in [2.24, 2.45) is 5.92 Å². The molecule has 3 N–H and O–H groups in total. The van der Waals surface area contributed by atoms with Crippen molar-refractivity contribution >= 4 is 75.1 Å². The number of aliphatic hydroxyl groups excluding tert-OH is 3. The SMILES string of the molecule is C.CC(C)(C)OC(=O)N(c1nc(Cl)nc2c1cnn2[C@@H]1O[C@H](CO)[C@@H](O)[C@H]1O)C1CCCC1.CC[C@H]1O[C@@H](n2ncc3c(N(C(=O)OC(C)(C)C)C4CCCC4)nc(Cl)nc32)[C@H](OC(C)=O)[C@@H]1C. The van der Waals surface area contributed by atoms with E-state index in [0.717, 1.165) is 57.8 Å². The van der Waals surface area contributed by atoms with Crippen LogP contribution in [0.4, 0.5) is 21.2 Å². The van der Waals surface area contributed by atoms with Gasteiger partial charge in [0.25, 0.3) is 0 Å². The lowest BCUT2D eigenvalue weighted by Crippen LogP contribution is -2.43. The van der Waals surface area contributed by atoms with Gasteiger partial charge >= 0.3 is 18.2 Å². The van der Waals surface area contributed by atoms with Crippen molar-refractivity contribution < 1.29 is 53.4 Å². The number of ether oxygens (including phenoxy) is 5. The average molecular weight is 994 g/mol. The number of aromatic nitrogens is 8. The molecule has 8 rings (SSSR count). The smallest absolute Gasteiger partial charge is 0.416 e. The summed E-state index contributed by atoms with van der Waals surface area (Å²) in [6.45, 7) is 15.8. The molecule has 8 atom stereocenters. The Balaban J connectivity index is 0.000000221. The van der Waals surface area contributed by atoms with Gasteiger partial charge in [-0.05, 0) is 96.8 Å². The van der Waals surface area contributed by atoms with Crippen LogP contribution in [0.15, 0.2) is 12.4 Å². The quantitative estimate of drug-likeness (QED) is 0.0836. The fraction of sp³-hybridized carbons (Fsp3) is 0.711. The van der Waals surface area contributed by atoms with Gasteiger partial charge in [0.05, 0.1) is 35.9 Å². The molecule has 2 saturated carbocycles. The summed E-state index contributed by atoms with van der Waals surface area (Å²) in [7, 11) is 0. The van der Waals surface area contributed by atoms with Gasteiger partial charge in [-0.2, -0.15) is 30.1 Å². The van der Waals surface area contributed by atoms with E-state index in [9.17, 15) is 29.7 Å². The minimum absolute atomic E-state index is 0. The Morgan fingerprint density at radius 3 is 1.54 bits per heavy atom. The normalized spacial score (nSPS) is 25.6. The number of anilines is 2. The van der Waals surface area contributed by atoms with E-state index in [1.807, 2.05) is 34.6 Å². The molecule has 23 heteroatoms. The molecule has 0 spiro atoms. The maximum absolute atomic E-state index is 13.4. The zero-order chi connectivity index (χ0) is 48.7. The Morgan fingerprint density at radius 2 is 1.16 bits per heavy atom. The highest BCUT2D eigenvalue weighted by molar-refractivity contribution is 6.29. The summed E-state index contributed by atoms with van der Waals surface area (Å²) < 4.78 is 31.7. The second-order valence-electron chi connectivity index (χ2n) is 19.5. The average Bonchev–Trinajstić information content (AvgIpc) is 4.11. The van der Waals surface area contributed by atoms with Gasteiger partial charge in [-0.25, -0.2) is 19.0 Å². The van der Waals surface area contributed by atoms with Crippen molar-refractivity contribution in [1.29, 1.82) is 0 Å². The Morgan fingerprint density at radius 1 is 0.735 bits per heavy atom. The first-order valence-electron chi connectivity index (χ1n) is 22.9. The van der Waals surface area contributed by atoms with E-state index in [0.29, 0.717) is 22.2 Å². The van der Waals surface area contributed by atoms with Gasteiger partial charge < -0.3 is 39.0 Å². The van der Waals surface area contributed by atoms with E-state index >= 15 is 0 Å². The van der Waals surface area contributed by atoms with Crippen LogP contribution in [0.25, 0.3) is 22.1 Å². The second kappa shape index (κ2) is 21.2. The van der Waals surface area contributed by atoms with Gasteiger partial charge in [-0.3, -0.25) is 14.6 Å². The number of fused-ring (bicyclic) bond motifs is 2. The van der Waals surface area contributed by atoms with Crippen LogP contribution >= 0.6 is 23.2 Å². The number of halogens is 2. The molecule has 2 aliphatic heterocycles. The number of rotatable bonds is 9. The van der Waals surface area contributed by atoms with E-state index in [4.69, 9.17) is 46.9 Å². The van der Waals surface area contributed by atoms with Gasteiger partial charge in [0.1, 0.15) is 29.5 Å². The Bertz CT molecular complexity index is 2410. The Kier molecular flexibility index (Phi) is 16.5. The highest BCUT2D eigenvalue weighted by Gasteiger charge is 2.47. The number of esters is 1. The van der Waals surface area contributed by atoms with E-state index in [2.05, 4.69) is 30.1 Å². The fourth-order valence-electron chi connectivity index (χ4n) is 9.23. The number of nitrogens with zero attached hydrogens (tertiary/aromatic N) is 10. The first kappa shape index (κ1) is 52.9. The largest absolute Gasteiger partial charge is 0.457 e. The predicted octanol–water partition coefficient (Wildman–Crippen LogP) is 7.45. The summed E-state index contributed by atoms with van der Waals surface area (Å²) in [5, 5.41) is 39.6. The summed E-state index contributed by atoms with van der Waals surface area (Å²) in [5.74, 6) is 0.185. The summed E-state index contributed by atoms with van der Waals surface area (Å²) in [4.78, 5) is 58.9. The van der Waals surface area contributed by atoms with Crippen LogP contribution in [0.2, 0.25) is 10.6 Å². The Labute approximate surface area is 405 Å². The minimum Gasteiger partial charge on any atom is -0.457 e. The third-order valence-electron chi connectivity index (χ3n) is 12.2. The van der Waals surface area contributed by atoms with Crippen molar-refractivity contribution in [2.45, 2.75) is 194 Å². The third kappa shape index (κ3) is 11.2. The molecule has 0 aromatic carbocycles. The summed E-state index contributed by atoms with van der Waals surface area (Å²) >= 11 is 12.6. The van der Waals surface area contributed by atoms with Crippen LogP contribution in [-0.4, -0.2) is 133 Å². The predicted molar refractivity (Wildman–Crippen MR) is 251 cm³/mol. The maximum Gasteiger partial charge on any atom is 0.416 e. The zero-order valence-electron chi connectivity index (χ0n) is 39.3. The number of carbonyl (C=O) groups excluding carboxylic acids is 3. The molecular formula is C45H66Cl2N10O11. The first-order valence-corrected chi connectivity index (χ1v) is 23.7. The molecule has 376 valence electrons. The lowest BCUT2D eigenvalue weighted by atomic mass is 9.98. The van der Waals surface area contributed by atoms with Gasteiger partial charge in [-0.1, -0.05) is 47.0 Å². The molecule has 2 saturated heterocycles. The van der Waals surface area contributed by atoms with E-state index < -0.39 is 72.8 Å². The minimum atomic E-state index is -1.34. The molecule has 4 fully saturated rings. The van der Waals surface area contributed by atoms with Gasteiger partial charge in [0, 0.05) is 24.9 Å². The number of amides is 2. The lowest BCUT2D eigenvalue weighted by Gasteiger charge is -2.31. The summed E-state index contributed by atoms with van der Waals surface area (Å²) in [5.41, 5.74) is -0.751. The molecule has 4 aliphatic rings. The topological polar surface area (TPSA) is 252 Å². The van der Waals surface area contributed by atoms with Crippen LogP contribution in [-0.2, 0) is 28.5 Å². The first-order chi connectivity index (χ1) is 31.6. The van der Waals surface area contributed by atoms with Gasteiger partial charge in [-0.15, -0.1) is 0 Å². The van der Waals surface area contributed by atoms with Crippen LogP contribution in [0, 0.1) is 5.92 Å². The lowest BCUT2D eigenvalue weighted by molar-refractivity contribution is -0.154. The summed E-state index contributed by atoms with van der Waals surface area (Å²) in [6, 6.07) is -0.181. The molecule has 0 radical (unpaired) electrons. The molecule has 4 aromatic heterocycles. The highest BCUT2D eigenvalue weighted by atomic mass is 35.5. The van der Waals surface area contributed by atoms with E-state index in [-0.39, 0.29) is 53.6 Å². The molecule has 4 aromatic rings. The number of hydrogen-bond donors (Lipinski definition) is 3. The monoisotopic (exact) mass is 992 g/mol. The van der Waals surface area contributed by atoms with Gasteiger partial charge in [0.2, 0.25) is 10.6 Å². The Hall–Kier alpha value is -4.51. The molecule has 6 heterocycles. The van der Waals surface area contributed by atoms with Gasteiger partial charge in [0.15, 0.2) is 41.5 Å². The standard InChI is InChI=1S/C24H34ClN5O5.C20H28ClN5O6.CH4/c1-7-17-13(2)18(33-14(3)31)21(34-17)30-20-16(12-26-30)19(27-22(25)28-20)29(15-10-8-9-11-15)23(32)35-24(4,5)6;1-20(2,3)32-19(30)25(10-6-4-5-7-10)15-11-8-22-26(16(11)24-18(21)23-15)17-14(29)13(28)12(9-27)31-17;/h12-13,15,17-18,21H,7-11H2,1-6H3;8,10,12-14,17,27-29H,4-7,9H2,1-3H3;1H4/t13-,17-,18-,21-;12-,13-,14-,17-;/m11./s1. The van der Waals surface area contributed by atoms with Crippen LogP contribution in [0.3, 0.4) is 0 Å². The molecule has 21 nitrogen and oxygen atoms in total. The van der Waals surface area contributed by atoms with Crippen LogP contribution < -0.4 is 9.80 Å². The van der Waals surface area contributed by atoms with Crippen molar-refractivity contribution in [3.8, 4) is 0 Å². The molecule has 0 bridgehead atoms. The van der Waals surface area contributed by atoms with Crippen molar-refractivity contribution in [1.82, 2.24) is 39.5 Å². The molecule has 2 aliphatic carbocycles. The second-order valence-corrected chi connectivity index (χ2v) is 20.2. The van der Waals surface area contributed by atoms with Crippen molar-refractivity contribution in [2.75, 3.05) is 16.4 Å². The molecule has 2 amide bonds. The van der Waals surface area contributed by atoms with E-state index in [1.165, 1.54) is 22.7 Å². The third-order valence-corrected chi connectivity index (χ3v) is 12.6. The number of hydrogen-bond acceptors (Lipinski definition) is 17. The zero-order valence-corrected chi connectivity index (χ0v) is 40.8. The summed E-state index contributed by atoms with van der Waals surface area (Å²) in [6.07, 6.45) is 4.01. The molecular weight excluding hydrogens is 927 g/mol. The number of carbonyl (C=O) groups is 3. The van der Waals surface area contributed by atoms with Crippen molar-refractivity contribution in [3.05, 3.63) is 23.0 Å². The van der Waals surface area contributed by atoms with Crippen LogP contribution in [0.5, 0.6) is 0 Å². The fourth-order valence-corrected chi connectivity index (χ4v) is 9.55. The van der Waals surface area contributed by atoms with Crippen molar-refractivity contribution in [3.63, 3.8) is 0 Å². The molecule has 0 unspecified atom stereocenters. The molecule has 68 heavy (non-hydrogen) atoms. The van der Waals surface area contributed by atoms with Crippen LogP contribution in [0.1, 0.15) is 140 Å².